The van der Waals surface area contributed by atoms with E-state index in [-0.39, 0.29) is 12.8 Å². The predicted octanol–water partition coefficient (Wildman–Crippen LogP) is -0.639. The van der Waals surface area contributed by atoms with Crippen molar-refractivity contribution in [1.29, 1.82) is 5.26 Å². The second kappa shape index (κ2) is 5.50. The van der Waals surface area contributed by atoms with Crippen LogP contribution in [0, 0.1) is 11.5 Å². The van der Waals surface area contributed by atoms with Gasteiger partial charge in [0.15, 0.2) is 0 Å². The van der Waals surface area contributed by atoms with Gasteiger partial charge in [-0.3, -0.25) is 0 Å². The van der Waals surface area contributed by atoms with Crippen LogP contribution in [0.25, 0.3) is 0 Å². The van der Waals surface area contributed by atoms with Gasteiger partial charge >= 0.3 is 0 Å². The van der Waals surface area contributed by atoms with Crippen LogP contribution < -0.4 is 10.6 Å². The minimum absolute atomic E-state index is 0.182. The number of guanidine groups is 1. The highest BCUT2D eigenvalue weighted by Crippen LogP contribution is 1.76. The van der Waals surface area contributed by atoms with Crippen molar-refractivity contribution in [2.45, 2.75) is 19.9 Å². The number of aliphatic hydroxyl groups excluding tert-OH is 1. The number of hydrogen-bond acceptors (Lipinski definition) is 3. The summed E-state index contributed by atoms with van der Waals surface area (Å²) in [7, 11) is 0. The maximum absolute atomic E-state index is 8.43. The Morgan fingerprint density at radius 1 is 1.73 bits per heavy atom. The molecule has 0 aliphatic carbocycles. The van der Waals surface area contributed by atoms with Gasteiger partial charge in [-0.05, 0) is 13.8 Å². The van der Waals surface area contributed by atoms with E-state index in [4.69, 9.17) is 10.4 Å². The Balaban J connectivity index is 3.92. The first kappa shape index (κ1) is 9.72. The van der Waals surface area contributed by atoms with Gasteiger partial charge < -0.3 is 15.7 Å². The van der Waals surface area contributed by atoms with Gasteiger partial charge in [0.25, 0.3) is 0 Å². The largest absolute Gasteiger partial charge is 0.376 e. The van der Waals surface area contributed by atoms with Gasteiger partial charge in [-0.15, -0.1) is 4.99 Å². The molecular formula is C6H12N4O. The highest BCUT2D eigenvalue weighted by atomic mass is 16.3. The van der Waals surface area contributed by atoms with E-state index in [0.29, 0.717) is 5.96 Å². The molecule has 0 spiro atoms. The maximum atomic E-state index is 8.43. The zero-order valence-electron chi connectivity index (χ0n) is 6.63. The lowest BCUT2D eigenvalue weighted by atomic mass is 10.4. The Labute approximate surface area is 65.7 Å². The fourth-order valence-corrected chi connectivity index (χ4v) is 0.521. The number of rotatable bonds is 2. The van der Waals surface area contributed by atoms with E-state index in [1.54, 1.807) is 6.19 Å². The first-order valence-electron chi connectivity index (χ1n) is 3.28. The van der Waals surface area contributed by atoms with Crippen LogP contribution >= 0.6 is 0 Å². The third kappa shape index (κ3) is 5.18. The second-order valence-corrected chi connectivity index (χ2v) is 2.19. The molecule has 62 valence electrons. The standard InChI is InChI=1S/C6H12N4O/c1-5(2)10-6(8-3-7)9-4-11/h5,11H,4H2,1-2H3,(H2,8,9,10). The van der Waals surface area contributed by atoms with Crippen molar-refractivity contribution >= 4 is 5.96 Å². The van der Waals surface area contributed by atoms with E-state index in [0.717, 1.165) is 0 Å². The smallest absolute Gasteiger partial charge is 0.209 e. The highest BCUT2D eigenvalue weighted by molar-refractivity contribution is 5.80. The zero-order valence-corrected chi connectivity index (χ0v) is 6.63. The Morgan fingerprint density at radius 2 is 2.36 bits per heavy atom. The molecule has 0 aliphatic rings. The zero-order chi connectivity index (χ0) is 8.69. The van der Waals surface area contributed by atoms with E-state index >= 15 is 0 Å². The molecule has 0 aromatic rings. The van der Waals surface area contributed by atoms with E-state index in [1.165, 1.54) is 0 Å². The van der Waals surface area contributed by atoms with Gasteiger partial charge in [0.1, 0.15) is 6.73 Å². The van der Waals surface area contributed by atoms with Gasteiger partial charge in [-0.1, -0.05) is 0 Å². The summed E-state index contributed by atoms with van der Waals surface area (Å²) in [6.45, 7) is 3.58. The maximum Gasteiger partial charge on any atom is 0.209 e. The molecular weight excluding hydrogens is 144 g/mol. The van der Waals surface area contributed by atoms with Crippen LogP contribution in [-0.4, -0.2) is 23.8 Å². The molecule has 0 aromatic carbocycles. The Hall–Kier alpha value is -1.28. The summed E-state index contributed by atoms with van der Waals surface area (Å²) in [6.07, 6.45) is 1.61. The van der Waals surface area contributed by atoms with Crippen LogP contribution in [0.5, 0.6) is 0 Å². The van der Waals surface area contributed by atoms with Crippen molar-refractivity contribution in [1.82, 2.24) is 10.6 Å². The summed E-state index contributed by atoms with van der Waals surface area (Å²) in [5, 5.41) is 21.9. The average molecular weight is 156 g/mol. The average Bonchev–Trinajstić information content (AvgIpc) is 1.87. The first-order chi connectivity index (χ1) is 5.20. The minimum atomic E-state index is -0.236. The van der Waals surface area contributed by atoms with Crippen LogP contribution in [0.2, 0.25) is 0 Å². The molecule has 0 rings (SSSR count). The van der Waals surface area contributed by atoms with Gasteiger partial charge in [-0.25, -0.2) is 0 Å². The fraction of sp³-hybridized carbons (Fsp3) is 0.667. The lowest BCUT2D eigenvalue weighted by Gasteiger charge is -2.10. The number of aliphatic hydroxyl groups is 1. The molecule has 0 saturated carbocycles. The molecule has 0 aliphatic heterocycles. The first-order valence-corrected chi connectivity index (χ1v) is 3.28. The molecule has 0 amide bonds. The minimum Gasteiger partial charge on any atom is -0.376 e. The third-order valence-corrected chi connectivity index (χ3v) is 0.834. The second-order valence-electron chi connectivity index (χ2n) is 2.19. The molecule has 0 atom stereocenters. The van der Waals surface area contributed by atoms with Crippen molar-refractivity contribution in [3.63, 3.8) is 0 Å². The summed E-state index contributed by atoms with van der Waals surface area (Å²) in [6, 6.07) is 0.182. The van der Waals surface area contributed by atoms with Crippen LogP contribution in [0.3, 0.4) is 0 Å². The van der Waals surface area contributed by atoms with E-state index in [2.05, 4.69) is 15.6 Å². The summed E-state index contributed by atoms with van der Waals surface area (Å²) in [4.78, 5) is 3.39. The summed E-state index contributed by atoms with van der Waals surface area (Å²) in [5.74, 6) is 0.296. The molecule has 0 saturated heterocycles. The fourth-order valence-electron chi connectivity index (χ4n) is 0.521. The summed E-state index contributed by atoms with van der Waals surface area (Å²) in [5.41, 5.74) is 0. The normalized spacial score (nSPS) is 11.0. The Kier molecular flexibility index (Phi) is 4.86. The monoisotopic (exact) mass is 156 g/mol. The van der Waals surface area contributed by atoms with Gasteiger partial charge in [-0.2, -0.15) is 5.26 Å². The number of nitrogens with zero attached hydrogens (tertiary/aromatic N) is 2. The molecule has 0 radical (unpaired) electrons. The molecule has 5 heteroatoms. The Bertz CT molecular complexity index is 170. The molecule has 3 N–H and O–H groups in total. The lowest BCUT2D eigenvalue weighted by molar-refractivity contribution is 0.284. The predicted molar refractivity (Wildman–Crippen MR) is 41.5 cm³/mol. The van der Waals surface area contributed by atoms with Gasteiger partial charge in [0.05, 0.1) is 0 Å². The van der Waals surface area contributed by atoms with Crippen molar-refractivity contribution in [3.05, 3.63) is 0 Å². The molecule has 5 nitrogen and oxygen atoms in total. The molecule has 0 heterocycles. The van der Waals surface area contributed by atoms with Crippen LogP contribution in [0.15, 0.2) is 4.99 Å². The summed E-state index contributed by atoms with van der Waals surface area (Å²) < 4.78 is 0. The molecule has 0 unspecified atom stereocenters. The van der Waals surface area contributed by atoms with Crippen LogP contribution in [0.1, 0.15) is 13.8 Å². The van der Waals surface area contributed by atoms with E-state index in [1.807, 2.05) is 13.8 Å². The van der Waals surface area contributed by atoms with Crippen molar-refractivity contribution in [2.75, 3.05) is 6.73 Å². The van der Waals surface area contributed by atoms with Crippen LogP contribution in [0.4, 0.5) is 0 Å². The molecule has 0 fully saturated rings. The van der Waals surface area contributed by atoms with Crippen molar-refractivity contribution < 1.29 is 5.11 Å². The van der Waals surface area contributed by atoms with E-state index in [9.17, 15) is 0 Å². The number of aliphatic imine (C=N–C) groups is 1. The lowest BCUT2D eigenvalue weighted by Crippen LogP contribution is -2.41. The summed E-state index contributed by atoms with van der Waals surface area (Å²) >= 11 is 0. The van der Waals surface area contributed by atoms with Gasteiger partial charge in [0, 0.05) is 6.04 Å². The SMILES string of the molecule is CC(C)N/C(=N/C#N)NCO. The van der Waals surface area contributed by atoms with E-state index < -0.39 is 0 Å². The molecule has 0 aromatic heterocycles. The number of nitriles is 1. The van der Waals surface area contributed by atoms with Crippen molar-refractivity contribution in [2.24, 2.45) is 4.99 Å². The van der Waals surface area contributed by atoms with Crippen molar-refractivity contribution in [3.8, 4) is 6.19 Å². The van der Waals surface area contributed by atoms with Crippen LogP contribution in [-0.2, 0) is 0 Å². The van der Waals surface area contributed by atoms with Gasteiger partial charge in [0.2, 0.25) is 12.2 Å². The molecule has 0 bridgehead atoms. The topological polar surface area (TPSA) is 80.4 Å². The number of nitrogens with one attached hydrogen (secondary N) is 2. The Morgan fingerprint density at radius 3 is 2.73 bits per heavy atom. The quantitative estimate of drug-likeness (QED) is 0.215. The third-order valence-electron chi connectivity index (χ3n) is 0.834. The number of hydrogen-bond donors (Lipinski definition) is 3. The highest BCUT2D eigenvalue weighted by Gasteiger charge is 1.97. The molecule has 11 heavy (non-hydrogen) atoms.